The quantitative estimate of drug-likeness (QED) is 0.308. The molecule has 3 aromatic carbocycles. The molecule has 3 aromatic rings. The molecular formula is C30H58N2O2P2. The number of ether oxygens (including phenoxy) is 2. The van der Waals surface area contributed by atoms with Crippen LogP contribution in [0.25, 0.3) is 10.8 Å². The average molecular weight is 541 g/mol. The van der Waals surface area contributed by atoms with Gasteiger partial charge in [0, 0.05) is 0 Å². The molecule has 0 N–H and O–H groups in total. The second-order valence-corrected chi connectivity index (χ2v) is 6.91. The molecular weight excluding hydrogens is 482 g/mol. The molecule has 0 saturated heterocycles. The molecule has 3 rings (SSSR count). The smallest absolute Gasteiger partial charge is 0.119 e. The molecule has 0 radical (unpaired) electrons. The Morgan fingerprint density at radius 2 is 0.806 bits per heavy atom. The van der Waals surface area contributed by atoms with Gasteiger partial charge in [-0.1, -0.05) is 89.6 Å². The molecule has 0 aliphatic heterocycles. The largest absolute Gasteiger partial charge is 0.497 e. The SMILES string of the molecule is CC.CC.CN(C)C.CN(C)C.COc1ccc2ccccc2c1.COc1ccccc1.CP.CP. The lowest BCUT2D eigenvalue weighted by atomic mass is 10.1. The summed E-state index contributed by atoms with van der Waals surface area (Å²) >= 11 is 0. The van der Waals surface area contributed by atoms with Crippen molar-refractivity contribution >= 4 is 29.3 Å². The summed E-state index contributed by atoms with van der Waals surface area (Å²) in [5.41, 5.74) is 0. The Labute approximate surface area is 230 Å². The van der Waals surface area contributed by atoms with Gasteiger partial charge in [-0.25, -0.2) is 0 Å². The summed E-state index contributed by atoms with van der Waals surface area (Å²) in [6.45, 7) is 11.8. The summed E-state index contributed by atoms with van der Waals surface area (Å²) in [7, 11) is 20.2. The van der Waals surface area contributed by atoms with Gasteiger partial charge in [0.1, 0.15) is 11.5 Å². The van der Waals surface area contributed by atoms with Crippen LogP contribution in [0.3, 0.4) is 0 Å². The maximum absolute atomic E-state index is 5.12. The maximum Gasteiger partial charge on any atom is 0.119 e. The first-order chi connectivity index (χ1) is 17.3. The van der Waals surface area contributed by atoms with Crippen molar-refractivity contribution in [3.63, 3.8) is 0 Å². The van der Waals surface area contributed by atoms with Gasteiger partial charge >= 0.3 is 0 Å². The Balaban J connectivity index is -0.000000117. The van der Waals surface area contributed by atoms with E-state index in [4.69, 9.17) is 9.47 Å². The number of hydrogen-bond donors (Lipinski definition) is 0. The molecule has 2 unspecified atom stereocenters. The molecule has 0 spiro atoms. The van der Waals surface area contributed by atoms with E-state index in [0.29, 0.717) is 0 Å². The first-order valence-corrected chi connectivity index (χ1v) is 14.6. The zero-order chi connectivity index (χ0) is 29.4. The van der Waals surface area contributed by atoms with Crippen molar-refractivity contribution in [3.05, 3.63) is 72.8 Å². The molecule has 6 heteroatoms. The number of fused-ring (bicyclic) bond motifs is 1. The monoisotopic (exact) mass is 540 g/mol. The van der Waals surface area contributed by atoms with E-state index in [1.807, 2.05) is 148 Å². The normalized spacial score (nSPS) is 7.94. The van der Waals surface area contributed by atoms with E-state index in [1.165, 1.54) is 10.8 Å². The number of methoxy groups -OCH3 is 2. The second-order valence-electron chi connectivity index (χ2n) is 6.91. The Morgan fingerprint density at radius 3 is 1.14 bits per heavy atom. The van der Waals surface area contributed by atoms with Crippen molar-refractivity contribution < 1.29 is 9.47 Å². The molecule has 0 saturated carbocycles. The predicted octanol–water partition coefficient (Wildman–Crippen LogP) is 7.93. The van der Waals surface area contributed by atoms with Crippen LogP contribution in [-0.4, -0.2) is 79.6 Å². The van der Waals surface area contributed by atoms with Gasteiger partial charge in [-0.3, -0.25) is 0 Å². The third-order valence-electron chi connectivity index (χ3n) is 2.94. The van der Waals surface area contributed by atoms with Gasteiger partial charge < -0.3 is 19.3 Å². The van der Waals surface area contributed by atoms with E-state index in [0.717, 1.165) is 11.5 Å². The van der Waals surface area contributed by atoms with Crippen LogP contribution in [0.4, 0.5) is 0 Å². The van der Waals surface area contributed by atoms with Crippen molar-refractivity contribution in [3.8, 4) is 11.5 Å². The number of rotatable bonds is 2. The molecule has 36 heavy (non-hydrogen) atoms. The number of benzene rings is 3. The van der Waals surface area contributed by atoms with Crippen molar-refractivity contribution in [2.75, 3.05) is 69.8 Å². The molecule has 0 fully saturated rings. The minimum Gasteiger partial charge on any atom is -0.497 e. The third kappa shape index (κ3) is 34.5. The summed E-state index contributed by atoms with van der Waals surface area (Å²) in [5.74, 6) is 1.82. The summed E-state index contributed by atoms with van der Waals surface area (Å²) < 4.78 is 10.0. The van der Waals surface area contributed by atoms with E-state index in [9.17, 15) is 0 Å². The van der Waals surface area contributed by atoms with Crippen molar-refractivity contribution in [2.45, 2.75) is 27.7 Å². The maximum atomic E-state index is 5.12. The Morgan fingerprint density at radius 1 is 0.472 bits per heavy atom. The van der Waals surface area contributed by atoms with Gasteiger partial charge in [0.2, 0.25) is 0 Å². The molecule has 0 amide bonds. The first-order valence-electron chi connectivity index (χ1n) is 12.3. The summed E-state index contributed by atoms with van der Waals surface area (Å²) in [5, 5.41) is 2.47. The van der Waals surface area contributed by atoms with Crippen LogP contribution in [0, 0.1) is 0 Å². The van der Waals surface area contributed by atoms with Gasteiger partial charge in [0.15, 0.2) is 0 Å². The van der Waals surface area contributed by atoms with Crippen molar-refractivity contribution in [2.24, 2.45) is 0 Å². The van der Waals surface area contributed by atoms with E-state index in [2.05, 4.69) is 36.7 Å². The fraction of sp³-hybridized carbons (Fsp3) is 0.467. The lowest BCUT2D eigenvalue weighted by Crippen LogP contribution is -1.99. The molecule has 4 nitrogen and oxygen atoms in total. The van der Waals surface area contributed by atoms with Crippen LogP contribution in [-0.2, 0) is 0 Å². The van der Waals surface area contributed by atoms with E-state index < -0.39 is 0 Å². The highest BCUT2D eigenvalue weighted by Crippen LogP contribution is 2.19. The topological polar surface area (TPSA) is 24.9 Å². The van der Waals surface area contributed by atoms with Gasteiger partial charge in [0.05, 0.1) is 14.2 Å². The van der Waals surface area contributed by atoms with Crippen LogP contribution in [0.2, 0.25) is 0 Å². The molecule has 0 heterocycles. The number of para-hydroxylation sites is 1. The van der Waals surface area contributed by atoms with E-state index in [1.54, 1.807) is 14.2 Å². The van der Waals surface area contributed by atoms with Gasteiger partial charge in [-0.15, -0.1) is 18.5 Å². The highest BCUT2D eigenvalue weighted by molar-refractivity contribution is 7.15. The minimum atomic E-state index is 0.910. The zero-order valence-electron chi connectivity index (χ0n) is 25.8. The first kappa shape index (κ1) is 44.3. The lowest BCUT2D eigenvalue weighted by Gasteiger charge is -2.00. The molecule has 0 aliphatic carbocycles. The van der Waals surface area contributed by atoms with E-state index in [-0.39, 0.29) is 0 Å². The lowest BCUT2D eigenvalue weighted by molar-refractivity contribution is 0.415. The Hall–Kier alpha value is -1.70. The fourth-order valence-corrected chi connectivity index (χ4v) is 1.85. The second kappa shape index (κ2) is 37.8. The molecule has 0 aromatic heterocycles. The van der Waals surface area contributed by atoms with Crippen LogP contribution >= 0.6 is 18.5 Å². The van der Waals surface area contributed by atoms with Crippen LogP contribution in [0.5, 0.6) is 11.5 Å². The van der Waals surface area contributed by atoms with Gasteiger partial charge in [0.25, 0.3) is 0 Å². The van der Waals surface area contributed by atoms with Crippen molar-refractivity contribution in [1.82, 2.24) is 9.80 Å². The average Bonchev–Trinajstić information content (AvgIpc) is 2.93. The Bertz CT molecular complexity index is 745. The van der Waals surface area contributed by atoms with Crippen LogP contribution in [0.15, 0.2) is 72.8 Å². The summed E-state index contributed by atoms with van der Waals surface area (Å²) in [4.78, 5) is 4.00. The predicted molar refractivity (Wildman–Crippen MR) is 177 cm³/mol. The molecule has 0 bridgehead atoms. The standard InChI is InChI=1S/C11H10O.C7H8O.2C3H9N.2C2H6.2CH5P/c1-12-11-7-6-9-4-2-3-5-10(9)8-11;1-8-7-5-3-2-4-6-7;2*1-4(2)3;4*1-2/h2-8H,1H3;2-6H,1H3;2*1-3H3;2*1-2H3;2*2H2,1H3. The third-order valence-corrected chi connectivity index (χ3v) is 2.94. The Kier molecular flexibility index (Phi) is 46.6. The summed E-state index contributed by atoms with van der Waals surface area (Å²) in [6.07, 6.45) is 0. The van der Waals surface area contributed by atoms with E-state index >= 15 is 0 Å². The molecule has 210 valence electrons. The fourth-order valence-electron chi connectivity index (χ4n) is 1.85. The highest BCUT2D eigenvalue weighted by atomic mass is 31.0. The number of nitrogens with zero attached hydrogens (tertiary/aromatic N) is 2. The van der Waals surface area contributed by atoms with Gasteiger partial charge in [-0.2, -0.15) is 0 Å². The van der Waals surface area contributed by atoms with Crippen LogP contribution in [0.1, 0.15) is 27.7 Å². The minimum absolute atomic E-state index is 0.910. The highest BCUT2D eigenvalue weighted by Gasteiger charge is 1.93. The van der Waals surface area contributed by atoms with Crippen molar-refractivity contribution in [1.29, 1.82) is 0 Å². The van der Waals surface area contributed by atoms with Crippen LogP contribution < -0.4 is 9.47 Å². The summed E-state index contributed by atoms with van der Waals surface area (Å²) in [6, 6.07) is 24.0. The number of hydrogen-bond acceptors (Lipinski definition) is 4. The molecule has 2 atom stereocenters. The zero-order valence-corrected chi connectivity index (χ0v) is 28.1. The molecule has 0 aliphatic rings. The van der Waals surface area contributed by atoms with Gasteiger partial charge in [-0.05, 0) is 77.3 Å².